The number of H-pyrrole nitrogens is 1. The van der Waals surface area contributed by atoms with Crippen molar-refractivity contribution in [3.05, 3.63) is 78.4 Å². The molecule has 1 fully saturated rings. The van der Waals surface area contributed by atoms with Crippen molar-refractivity contribution in [2.45, 2.75) is 25.2 Å². The molecule has 2 aromatic heterocycles. The molecule has 2 N–H and O–H groups in total. The van der Waals surface area contributed by atoms with Crippen LogP contribution in [-0.2, 0) is 11.2 Å². The van der Waals surface area contributed by atoms with Crippen LogP contribution >= 0.6 is 0 Å². The Labute approximate surface area is 167 Å². The van der Waals surface area contributed by atoms with Crippen molar-refractivity contribution in [3.8, 4) is 17.1 Å². The first-order chi connectivity index (χ1) is 14.2. The summed E-state index contributed by atoms with van der Waals surface area (Å²) in [7, 11) is 0. The van der Waals surface area contributed by atoms with Crippen molar-refractivity contribution in [2.75, 3.05) is 5.32 Å². The maximum absolute atomic E-state index is 12.4. The van der Waals surface area contributed by atoms with E-state index in [1.54, 1.807) is 10.9 Å². The van der Waals surface area contributed by atoms with Gasteiger partial charge in [0.25, 0.3) is 0 Å². The number of nitrogens with zero attached hydrogens (tertiary/aromatic N) is 4. The molecule has 0 spiro atoms. The molecule has 0 radical (unpaired) electrons. The Morgan fingerprint density at radius 3 is 2.66 bits per heavy atom. The number of anilines is 1. The summed E-state index contributed by atoms with van der Waals surface area (Å²) in [5.41, 5.74) is 3.49. The van der Waals surface area contributed by atoms with E-state index in [0.717, 1.165) is 28.3 Å². The second-order valence-corrected chi connectivity index (χ2v) is 7.25. The van der Waals surface area contributed by atoms with E-state index < -0.39 is 0 Å². The highest BCUT2D eigenvalue weighted by atomic mass is 16.1. The summed E-state index contributed by atoms with van der Waals surface area (Å²) in [6.45, 7) is 0. The Balaban J connectivity index is 1.21. The molecule has 4 aromatic rings. The van der Waals surface area contributed by atoms with Crippen molar-refractivity contribution in [2.24, 2.45) is 0 Å². The fraction of sp³-hybridized carbons (Fsp3) is 0.182. The molecule has 0 bridgehead atoms. The number of hydrogen-bond acceptors (Lipinski definition) is 4. The smallest absolute Gasteiger partial charge is 0.228 e. The van der Waals surface area contributed by atoms with Gasteiger partial charge >= 0.3 is 0 Å². The predicted octanol–water partition coefficient (Wildman–Crippen LogP) is 3.72. The molecule has 2 heterocycles. The number of carbonyl (C=O) groups excluding carboxylic acids is 1. The van der Waals surface area contributed by atoms with E-state index in [1.807, 2.05) is 60.8 Å². The summed E-state index contributed by atoms with van der Waals surface area (Å²) in [5, 5.41) is 14.6. The van der Waals surface area contributed by atoms with Crippen LogP contribution in [-0.4, -0.2) is 30.9 Å². The van der Waals surface area contributed by atoms with Crippen LogP contribution in [0.1, 0.15) is 30.1 Å². The van der Waals surface area contributed by atoms with Crippen LogP contribution in [0.15, 0.2) is 67.0 Å². The fourth-order valence-corrected chi connectivity index (χ4v) is 3.21. The van der Waals surface area contributed by atoms with Crippen molar-refractivity contribution in [3.63, 3.8) is 0 Å². The number of nitrogens with one attached hydrogen (secondary N) is 2. The zero-order chi connectivity index (χ0) is 19.6. The molecule has 0 atom stereocenters. The number of para-hydroxylation sites is 1. The number of aromatic nitrogens is 5. The van der Waals surface area contributed by atoms with Crippen LogP contribution < -0.4 is 5.32 Å². The van der Waals surface area contributed by atoms with E-state index in [4.69, 9.17) is 0 Å². The number of rotatable bonds is 6. The van der Waals surface area contributed by atoms with Crippen molar-refractivity contribution >= 4 is 11.6 Å². The zero-order valence-electron chi connectivity index (χ0n) is 15.7. The van der Waals surface area contributed by atoms with Gasteiger partial charge < -0.3 is 5.32 Å². The molecule has 5 rings (SSSR count). The van der Waals surface area contributed by atoms with Gasteiger partial charge in [0.2, 0.25) is 5.91 Å². The molecular formula is C22H20N6O. The van der Waals surface area contributed by atoms with Gasteiger partial charge in [-0.15, -0.1) is 0 Å². The van der Waals surface area contributed by atoms with Gasteiger partial charge in [-0.25, -0.2) is 9.67 Å². The molecular weight excluding hydrogens is 364 g/mol. The number of amides is 1. The highest BCUT2D eigenvalue weighted by Crippen LogP contribution is 2.38. The molecule has 0 unspecified atom stereocenters. The third kappa shape index (κ3) is 3.94. The van der Waals surface area contributed by atoms with Crippen LogP contribution in [0, 0.1) is 0 Å². The minimum Gasteiger partial charge on any atom is -0.326 e. The molecule has 29 heavy (non-hydrogen) atoms. The number of benzene rings is 2. The summed E-state index contributed by atoms with van der Waals surface area (Å²) >= 11 is 0. The van der Waals surface area contributed by atoms with Crippen molar-refractivity contribution in [1.29, 1.82) is 0 Å². The van der Waals surface area contributed by atoms with Crippen molar-refractivity contribution < 1.29 is 4.79 Å². The van der Waals surface area contributed by atoms with E-state index in [2.05, 4.69) is 25.6 Å². The monoisotopic (exact) mass is 384 g/mol. The molecule has 0 saturated heterocycles. The van der Waals surface area contributed by atoms with E-state index in [0.29, 0.717) is 11.7 Å². The Kier molecular flexibility index (Phi) is 4.40. The Morgan fingerprint density at radius 1 is 1.10 bits per heavy atom. The maximum atomic E-state index is 12.4. The lowest BCUT2D eigenvalue weighted by Crippen LogP contribution is -2.14. The highest BCUT2D eigenvalue weighted by molar-refractivity contribution is 5.92. The molecule has 1 aliphatic carbocycles. The van der Waals surface area contributed by atoms with E-state index >= 15 is 0 Å². The average Bonchev–Trinajstić information content (AvgIpc) is 3.29. The van der Waals surface area contributed by atoms with Gasteiger partial charge in [0.05, 0.1) is 18.3 Å². The molecule has 7 nitrogen and oxygen atoms in total. The molecule has 1 saturated carbocycles. The van der Waals surface area contributed by atoms with E-state index in [-0.39, 0.29) is 12.3 Å². The maximum Gasteiger partial charge on any atom is 0.228 e. The Bertz CT molecular complexity index is 1130. The lowest BCUT2D eigenvalue weighted by Gasteiger charge is -2.05. The molecule has 144 valence electrons. The molecule has 0 aliphatic heterocycles. The number of carbonyl (C=O) groups is 1. The summed E-state index contributed by atoms with van der Waals surface area (Å²) in [4.78, 5) is 16.9. The summed E-state index contributed by atoms with van der Waals surface area (Å²) in [6.07, 6.45) is 6.23. The van der Waals surface area contributed by atoms with Crippen LogP contribution in [0.3, 0.4) is 0 Å². The standard InChI is InChI=1S/C22H20N6O/c29-20(12-15-13-23-28(14-15)19-4-2-1-3-5-19)24-18-10-8-17(9-11-18)22-25-21(26-27-22)16-6-7-16/h1-5,8-11,13-14,16H,6-7,12H2,(H,24,29)(H,25,26,27). The number of hydrogen-bond donors (Lipinski definition) is 2. The lowest BCUT2D eigenvalue weighted by molar-refractivity contribution is -0.115. The van der Waals surface area contributed by atoms with Gasteiger partial charge in [-0.05, 0) is 54.8 Å². The fourth-order valence-electron chi connectivity index (χ4n) is 3.21. The first-order valence-electron chi connectivity index (χ1n) is 9.66. The quantitative estimate of drug-likeness (QED) is 0.530. The summed E-state index contributed by atoms with van der Waals surface area (Å²) in [6, 6.07) is 17.4. The summed E-state index contributed by atoms with van der Waals surface area (Å²) in [5.74, 6) is 2.12. The van der Waals surface area contributed by atoms with Crippen LogP contribution in [0.5, 0.6) is 0 Å². The minimum atomic E-state index is -0.0840. The highest BCUT2D eigenvalue weighted by Gasteiger charge is 2.27. The van der Waals surface area contributed by atoms with E-state index in [1.165, 1.54) is 12.8 Å². The van der Waals surface area contributed by atoms with Crippen molar-refractivity contribution in [1.82, 2.24) is 25.0 Å². The summed E-state index contributed by atoms with van der Waals surface area (Å²) < 4.78 is 1.77. The lowest BCUT2D eigenvalue weighted by atomic mass is 10.2. The molecule has 1 aliphatic rings. The first kappa shape index (κ1) is 17.4. The third-order valence-electron chi connectivity index (χ3n) is 4.92. The minimum absolute atomic E-state index is 0.0840. The van der Waals surface area contributed by atoms with Gasteiger partial charge in [0, 0.05) is 23.4 Å². The van der Waals surface area contributed by atoms with Gasteiger partial charge in [0.15, 0.2) is 5.82 Å². The Hall–Kier alpha value is -3.74. The predicted molar refractivity (Wildman–Crippen MR) is 110 cm³/mol. The van der Waals surface area contributed by atoms with Crippen LogP contribution in [0.4, 0.5) is 5.69 Å². The normalized spacial score (nSPS) is 13.4. The third-order valence-corrected chi connectivity index (χ3v) is 4.92. The zero-order valence-corrected chi connectivity index (χ0v) is 15.7. The molecule has 1 amide bonds. The Morgan fingerprint density at radius 2 is 1.90 bits per heavy atom. The second kappa shape index (κ2) is 7.35. The topological polar surface area (TPSA) is 88.5 Å². The molecule has 2 aromatic carbocycles. The number of aromatic amines is 1. The van der Waals surface area contributed by atoms with Gasteiger partial charge in [-0.3, -0.25) is 9.89 Å². The van der Waals surface area contributed by atoms with Gasteiger partial charge in [-0.2, -0.15) is 10.2 Å². The van der Waals surface area contributed by atoms with Crippen LogP contribution in [0.25, 0.3) is 17.1 Å². The first-order valence-corrected chi connectivity index (χ1v) is 9.66. The largest absolute Gasteiger partial charge is 0.326 e. The average molecular weight is 384 g/mol. The van der Waals surface area contributed by atoms with Crippen LogP contribution in [0.2, 0.25) is 0 Å². The van der Waals surface area contributed by atoms with Gasteiger partial charge in [-0.1, -0.05) is 18.2 Å². The second-order valence-electron chi connectivity index (χ2n) is 7.25. The SMILES string of the molecule is O=C(Cc1cnn(-c2ccccc2)c1)Nc1ccc(-c2n[nH]c(C3CC3)n2)cc1. The molecule has 7 heteroatoms. The van der Waals surface area contributed by atoms with Gasteiger partial charge in [0.1, 0.15) is 5.82 Å². The van der Waals surface area contributed by atoms with E-state index in [9.17, 15) is 4.79 Å².